The Bertz CT molecular complexity index is 1200. The lowest BCUT2D eigenvalue weighted by Gasteiger charge is -2.15. The van der Waals surface area contributed by atoms with E-state index in [0.29, 0.717) is 22.2 Å². The molecule has 2 N–H and O–H groups in total. The molecule has 0 saturated carbocycles. The first-order valence-corrected chi connectivity index (χ1v) is 10.8. The van der Waals surface area contributed by atoms with Crippen LogP contribution in [0.2, 0.25) is 0 Å². The molecular weight excluding hydrogens is 418 g/mol. The molecule has 0 fully saturated rings. The number of aromatic nitrogens is 4. The summed E-state index contributed by atoms with van der Waals surface area (Å²) in [6.45, 7) is 5.91. The van der Waals surface area contributed by atoms with Crippen molar-refractivity contribution in [1.29, 1.82) is 0 Å². The molecule has 0 aliphatic heterocycles. The van der Waals surface area contributed by atoms with E-state index in [4.69, 9.17) is 16.6 Å². The first-order chi connectivity index (χ1) is 14.4. The summed E-state index contributed by atoms with van der Waals surface area (Å²) in [5.74, 6) is 2.15. The highest BCUT2D eigenvalue weighted by Gasteiger charge is 2.21. The number of nitrogens with one attached hydrogen (secondary N) is 2. The van der Waals surface area contributed by atoms with Crippen molar-refractivity contribution in [3.63, 3.8) is 0 Å². The molecule has 0 aliphatic rings. The van der Waals surface area contributed by atoms with Gasteiger partial charge in [-0.05, 0) is 54.9 Å². The molecule has 1 amide bonds. The number of benzene rings is 1. The summed E-state index contributed by atoms with van der Waals surface area (Å²) >= 11 is 6.89. The van der Waals surface area contributed by atoms with E-state index in [9.17, 15) is 4.79 Å². The number of anilines is 1. The Morgan fingerprint density at radius 1 is 1.23 bits per heavy atom. The van der Waals surface area contributed by atoms with Crippen LogP contribution in [0.5, 0.6) is 0 Å². The molecule has 3 aromatic heterocycles. The Hall–Kier alpha value is -3.04. The summed E-state index contributed by atoms with van der Waals surface area (Å²) in [6, 6.07) is 10.7. The lowest BCUT2D eigenvalue weighted by Crippen LogP contribution is -2.24. The van der Waals surface area contributed by atoms with E-state index in [2.05, 4.69) is 34.3 Å². The largest absolute Gasteiger partial charge is 0.441 e. The molecule has 1 aromatic carbocycles. The van der Waals surface area contributed by atoms with Crippen molar-refractivity contribution in [1.82, 2.24) is 19.7 Å². The summed E-state index contributed by atoms with van der Waals surface area (Å²) in [7, 11) is 0. The van der Waals surface area contributed by atoms with Gasteiger partial charge in [-0.25, -0.2) is 4.98 Å². The van der Waals surface area contributed by atoms with E-state index in [1.165, 1.54) is 0 Å². The third-order valence-electron chi connectivity index (χ3n) is 4.70. The van der Waals surface area contributed by atoms with Crippen molar-refractivity contribution in [3.05, 3.63) is 58.5 Å². The van der Waals surface area contributed by atoms with Crippen molar-refractivity contribution in [2.45, 2.75) is 32.7 Å². The molecule has 30 heavy (non-hydrogen) atoms. The number of rotatable bonds is 6. The van der Waals surface area contributed by atoms with Gasteiger partial charge in [-0.3, -0.25) is 14.5 Å². The molecule has 0 spiro atoms. The monoisotopic (exact) mass is 439 g/mol. The average molecular weight is 440 g/mol. The Kier molecular flexibility index (Phi) is 5.65. The smallest absolute Gasteiger partial charge is 0.247 e. The highest BCUT2D eigenvalue weighted by molar-refractivity contribution is 7.71. The van der Waals surface area contributed by atoms with Gasteiger partial charge in [0.05, 0.1) is 11.1 Å². The minimum absolute atomic E-state index is 0.184. The third kappa shape index (κ3) is 3.99. The van der Waals surface area contributed by atoms with Crippen molar-refractivity contribution in [2.75, 3.05) is 5.32 Å². The number of nitrogens with zero attached hydrogens (tertiary/aromatic N) is 3. The maximum atomic E-state index is 12.9. The van der Waals surface area contributed by atoms with Crippen LogP contribution in [0, 0.1) is 4.77 Å². The fourth-order valence-corrected chi connectivity index (χ4v) is 3.99. The second-order valence-corrected chi connectivity index (χ2v) is 8.50. The fourth-order valence-electron chi connectivity index (χ4n) is 2.99. The first kappa shape index (κ1) is 20.2. The number of carbonyl (C=O) groups excluding carboxylic acids is 1. The van der Waals surface area contributed by atoms with Crippen LogP contribution in [0.4, 0.5) is 5.69 Å². The topological polar surface area (TPSA) is 88.7 Å². The summed E-state index contributed by atoms with van der Waals surface area (Å²) in [6.07, 6.45) is 1.75. The highest BCUT2D eigenvalue weighted by Crippen LogP contribution is 2.27. The van der Waals surface area contributed by atoms with Gasteiger partial charge in [0, 0.05) is 17.2 Å². The number of carbonyl (C=O) groups is 1. The number of amides is 1. The van der Waals surface area contributed by atoms with Gasteiger partial charge >= 0.3 is 0 Å². The van der Waals surface area contributed by atoms with Crippen LogP contribution in [-0.2, 0) is 4.79 Å². The molecule has 9 heteroatoms. The summed E-state index contributed by atoms with van der Waals surface area (Å²) in [4.78, 5) is 18.1. The quantitative estimate of drug-likeness (QED) is 0.379. The zero-order chi connectivity index (χ0) is 21.3. The van der Waals surface area contributed by atoms with E-state index in [1.54, 1.807) is 29.0 Å². The zero-order valence-corrected chi connectivity index (χ0v) is 18.4. The maximum absolute atomic E-state index is 12.9. The molecule has 0 aliphatic carbocycles. The molecule has 0 bridgehead atoms. The summed E-state index contributed by atoms with van der Waals surface area (Å²) < 4.78 is 7.91. The van der Waals surface area contributed by atoms with Crippen molar-refractivity contribution in [2.24, 2.45) is 0 Å². The van der Waals surface area contributed by atoms with E-state index in [0.717, 1.165) is 16.2 Å². The Labute approximate surface area is 182 Å². The SMILES string of the molecule is CC(C)c1cnc(-c2ccc(NC(=O)C(C)n3c(-c4cccs4)n[nH]c3=S)cc2)o1. The predicted molar refractivity (Wildman–Crippen MR) is 120 cm³/mol. The van der Waals surface area contributed by atoms with Gasteiger partial charge < -0.3 is 9.73 Å². The van der Waals surface area contributed by atoms with E-state index in [-0.39, 0.29) is 11.8 Å². The second-order valence-electron chi connectivity index (χ2n) is 7.16. The third-order valence-corrected chi connectivity index (χ3v) is 5.86. The fraction of sp³-hybridized carbons (Fsp3) is 0.238. The normalized spacial score (nSPS) is 12.3. The van der Waals surface area contributed by atoms with Crippen LogP contribution in [-0.4, -0.2) is 25.7 Å². The second kappa shape index (κ2) is 8.37. The van der Waals surface area contributed by atoms with Crippen LogP contribution < -0.4 is 5.32 Å². The molecule has 0 radical (unpaired) electrons. The van der Waals surface area contributed by atoms with E-state index in [1.807, 2.05) is 41.8 Å². The van der Waals surface area contributed by atoms with E-state index >= 15 is 0 Å². The van der Waals surface area contributed by atoms with Gasteiger partial charge in [-0.1, -0.05) is 19.9 Å². The number of hydrogen-bond acceptors (Lipinski definition) is 6. The molecule has 154 valence electrons. The minimum Gasteiger partial charge on any atom is -0.441 e. The van der Waals surface area contributed by atoms with Gasteiger partial charge in [-0.15, -0.1) is 11.3 Å². The molecule has 0 saturated heterocycles. The number of hydrogen-bond donors (Lipinski definition) is 2. The van der Waals surface area contributed by atoms with Crippen LogP contribution in [0.15, 0.2) is 52.4 Å². The van der Waals surface area contributed by atoms with Crippen molar-refractivity contribution >= 4 is 35.1 Å². The lowest BCUT2D eigenvalue weighted by atomic mass is 10.2. The molecule has 3 heterocycles. The van der Waals surface area contributed by atoms with Gasteiger partial charge in [0.1, 0.15) is 11.8 Å². The van der Waals surface area contributed by atoms with Gasteiger partial charge in [-0.2, -0.15) is 5.10 Å². The predicted octanol–water partition coefficient (Wildman–Crippen LogP) is 5.65. The Morgan fingerprint density at radius 2 is 2.00 bits per heavy atom. The molecule has 4 aromatic rings. The highest BCUT2D eigenvalue weighted by atomic mass is 32.1. The van der Waals surface area contributed by atoms with Gasteiger partial charge in [0.15, 0.2) is 10.6 Å². The molecule has 4 rings (SSSR count). The van der Waals surface area contributed by atoms with Gasteiger partial charge in [0.2, 0.25) is 11.8 Å². The van der Waals surface area contributed by atoms with Crippen molar-refractivity contribution < 1.29 is 9.21 Å². The summed E-state index contributed by atoms with van der Waals surface area (Å²) in [5, 5.41) is 12.0. The Morgan fingerprint density at radius 3 is 2.63 bits per heavy atom. The van der Waals surface area contributed by atoms with Crippen molar-refractivity contribution in [3.8, 4) is 22.2 Å². The number of thiophene rings is 1. The standard InChI is InChI=1S/C21H21N5O2S2/c1-12(2)16-11-22-20(28-16)14-6-8-15(9-7-14)23-19(27)13(3)26-18(24-25-21(26)29)17-5-4-10-30-17/h4-13H,1-3H3,(H,23,27)(H,25,29). The lowest BCUT2D eigenvalue weighted by molar-refractivity contribution is -0.118. The first-order valence-electron chi connectivity index (χ1n) is 9.52. The van der Waals surface area contributed by atoms with Crippen LogP contribution in [0.25, 0.3) is 22.2 Å². The zero-order valence-electron chi connectivity index (χ0n) is 16.7. The number of oxazole rings is 1. The van der Waals surface area contributed by atoms with Crippen LogP contribution in [0.3, 0.4) is 0 Å². The minimum atomic E-state index is -0.534. The molecule has 1 unspecified atom stereocenters. The van der Waals surface area contributed by atoms with Crippen LogP contribution >= 0.6 is 23.6 Å². The molecule has 7 nitrogen and oxygen atoms in total. The van der Waals surface area contributed by atoms with Gasteiger partial charge in [0.25, 0.3) is 0 Å². The van der Waals surface area contributed by atoms with E-state index < -0.39 is 6.04 Å². The molecular formula is C21H21N5O2S2. The summed E-state index contributed by atoms with van der Waals surface area (Å²) in [5.41, 5.74) is 1.53. The number of H-pyrrole nitrogens is 1. The number of aromatic amines is 1. The Balaban J connectivity index is 1.50. The maximum Gasteiger partial charge on any atom is 0.247 e. The molecule has 1 atom stereocenters. The average Bonchev–Trinajstić information content (AvgIpc) is 3.48. The van der Waals surface area contributed by atoms with Crippen LogP contribution in [0.1, 0.15) is 38.5 Å².